The van der Waals surface area contributed by atoms with Crippen molar-refractivity contribution in [3.63, 3.8) is 0 Å². The number of hydrogen-bond donors (Lipinski definition) is 3. The summed E-state index contributed by atoms with van der Waals surface area (Å²) in [5.74, 6) is 0.952. The lowest BCUT2D eigenvalue weighted by Gasteiger charge is -2.36. The Kier molecular flexibility index (Phi) is 4.61. The van der Waals surface area contributed by atoms with E-state index in [0.29, 0.717) is 18.3 Å². The topological polar surface area (TPSA) is 102 Å². The average Bonchev–Trinajstić information content (AvgIpc) is 3.13. The predicted octanol–water partition coefficient (Wildman–Crippen LogP) is 2.06. The van der Waals surface area contributed by atoms with Crippen LogP contribution in [0.2, 0.25) is 0 Å². The molecule has 182 valence electrons. The number of piperazine rings is 1. The average molecular weight is 474 g/mol. The largest absolute Gasteiger partial charge is 0.369 e. The minimum atomic E-state index is -0.926. The van der Waals surface area contributed by atoms with Crippen molar-refractivity contribution in [2.24, 2.45) is 11.3 Å². The van der Waals surface area contributed by atoms with E-state index >= 15 is 0 Å². The van der Waals surface area contributed by atoms with Gasteiger partial charge in [0.05, 0.1) is 0 Å². The minimum Gasteiger partial charge on any atom is -0.369 e. The van der Waals surface area contributed by atoms with E-state index in [2.05, 4.69) is 51.0 Å². The highest BCUT2D eigenvalue weighted by atomic mass is 16.2. The van der Waals surface area contributed by atoms with Crippen LogP contribution >= 0.6 is 0 Å². The minimum absolute atomic E-state index is 0.0230. The third-order valence-corrected chi connectivity index (χ3v) is 8.79. The molecule has 1 aromatic heterocycles. The third kappa shape index (κ3) is 2.97. The van der Waals surface area contributed by atoms with Crippen LogP contribution in [0, 0.1) is 18.3 Å². The fraction of sp³-hybridized carbons (Fsp3) is 0.538. The van der Waals surface area contributed by atoms with Crippen LogP contribution < -0.4 is 25.8 Å². The summed E-state index contributed by atoms with van der Waals surface area (Å²) in [6.07, 6.45) is 5.96. The number of piperidine rings is 1. The Morgan fingerprint density at radius 3 is 2.71 bits per heavy atom. The molecule has 2 amide bonds. The molecule has 4 heterocycles. The highest BCUT2D eigenvalue weighted by Gasteiger charge is 2.81. The van der Waals surface area contributed by atoms with E-state index in [1.54, 1.807) is 0 Å². The van der Waals surface area contributed by atoms with Gasteiger partial charge >= 0.3 is 0 Å². The molecule has 3 atom stereocenters. The summed E-state index contributed by atoms with van der Waals surface area (Å²) in [6, 6.07) is 6.53. The third-order valence-electron chi connectivity index (χ3n) is 8.79. The van der Waals surface area contributed by atoms with Crippen molar-refractivity contribution in [3.8, 4) is 0 Å². The van der Waals surface area contributed by atoms with E-state index < -0.39 is 5.41 Å². The van der Waals surface area contributed by atoms with Gasteiger partial charge in [0.25, 0.3) is 0 Å². The number of hydrogen-bond acceptors (Lipinski definition) is 7. The van der Waals surface area contributed by atoms with Crippen molar-refractivity contribution < 1.29 is 9.59 Å². The number of nitrogens with zero attached hydrogens (tertiary/aromatic N) is 4. The van der Waals surface area contributed by atoms with E-state index in [4.69, 9.17) is 4.98 Å². The molecule has 0 radical (unpaired) electrons. The molecule has 2 aliphatic carbocycles. The van der Waals surface area contributed by atoms with Crippen molar-refractivity contribution in [2.45, 2.75) is 44.6 Å². The molecule has 2 saturated carbocycles. The summed E-state index contributed by atoms with van der Waals surface area (Å²) in [4.78, 5) is 40.4. The van der Waals surface area contributed by atoms with E-state index in [0.717, 1.165) is 68.7 Å². The predicted molar refractivity (Wildman–Crippen MR) is 133 cm³/mol. The van der Waals surface area contributed by atoms with Crippen molar-refractivity contribution in [2.75, 3.05) is 47.8 Å². The summed E-state index contributed by atoms with van der Waals surface area (Å²) in [6.45, 7) is 6.67. The second-order valence-electron chi connectivity index (χ2n) is 10.6. The highest BCUT2D eigenvalue weighted by Crippen LogP contribution is 2.71. The van der Waals surface area contributed by atoms with E-state index in [9.17, 15) is 9.59 Å². The zero-order valence-electron chi connectivity index (χ0n) is 20.0. The van der Waals surface area contributed by atoms with E-state index in [1.165, 1.54) is 5.69 Å². The monoisotopic (exact) mass is 473 g/mol. The van der Waals surface area contributed by atoms with E-state index in [1.807, 2.05) is 11.1 Å². The Labute approximate surface area is 204 Å². The molecule has 1 aromatic carbocycles. The lowest BCUT2D eigenvalue weighted by atomic mass is 9.92. The Hall–Kier alpha value is -3.20. The standard InChI is InChI=1S/C26H31N7O2/c1-15-12-17(32-10-8-27-9-11-32)6-7-20(15)30-25-29-13-18-21-19-14-28-23(34)26(19,21)24(35)33(22(18)31-25)16-4-2-3-5-16/h6-7,12-13,16,19,21,27H,2-5,8-11,14H2,1H3,(H,28,34)(H,29,30,31)/t19?,21?,26-/m1/s1. The van der Waals surface area contributed by atoms with Gasteiger partial charge in [0.15, 0.2) is 0 Å². The van der Waals surface area contributed by atoms with Crippen LogP contribution in [0.15, 0.2) is 24.4 Å². The number of carbonyl (C=O) groups is 2. The molecular formula is C26H31N7O2. The number of benzene rings is 1. The van der Waals surface area contributed by atoms with Gasteiger partial charge in [-0.2, -0.15) is 4.98 Å². The molecule has 3 N–H and O–H groups in total. The molecule has 3 aliphatic heterocycles. The SMILES string of the molecule is Cc1cc(N2CCNCC2)ccc1Nc1ncc2c(n1)N(C1CCCC1)C(=O)[C@]13C(=O)NCC1C23. The van der Waals surface area contributed by atoms with E-state index in [-0.39, 0.29) is 29.7 Å². The zero-order chi connectivity index (χ0) is 23.7. The lowest BCUT2D eigenvalue weighted by Crippen LogP contribution is -2.51. The first-order valence-corrected chi connectivity index (χ1v) is 12.9. The highest BCUT2D eigenvalue weighted by molar-refractivity contribution is 6.19. The van der Waals surface area contributed by atoms with Crippen LogP contribution in [-0.2, 0) is 9.59 Å². The maximum atomic E-state index is 13.8. The number of amides is 2. The Balaban J connectivity index is 1.21. The first-order chi connectivity index (χ1) is 17.1. The second-order valence-corrected chi connectivity index (χ2v) is 10.6. The van der Waals surface area contributed by atoms with Crippen molar-refractivity contribution in [1.82, 2.24) is 20.6 Å². The van der Waals surface area contributed by atoms with Gasteiger partial charge in [0.1, 0.15) is 11.2 Å². The number of fused-ring (bicyclic) bond motifs is 3. The first kappa shape index (κ1) is 21.1. The maximum Gasteiger partial charge on any atom is 0.245 e. The molecule has 9 nitrogen and oxygen atoms in total. The molecule has 5 aliphatic rings. The normalized spacial score (nSPS) is 29.5. The van der Waals surface area contributed by atoms with Crippen molar-refractivity contribution in [3.05, 3.63) is 35.5 Å². The Bertz CT molecular complexity index is 1220. The fourth-order valence-corrected chi connectivity index (χ4v) is 6.93. The van der Waals surface area contributed by atoms with Crippen LogP contribution in [0.4, 0.5) is 23.1 Å². The Morgan fingerprint density at radius 2 is 1.94 bits per heavy atom. The summed E-state index contributed by atoms with van der Waals surface area (Å²) >= 11 is 0. The second kappa shape index (κ2) is 7.65. The summed E-state index contributed by atoms with van der Waals surface area (Å²) < 4.78 is 0. The van der Waals surface area contributed by atoms with Crippen molar-refractivity contribution >= 4 is 35.0 Å². The number of nitrogens with one attached hydrogen (secondary N) is 3. The van der Waals surface area contributed by atoms with Gasteiger partial charge in [-0.3, -0.25) is 14.5 Å². The number of anilines is 4. The smallest absolute Gasteiger partial charge is 0.245 e. The first-order valence-electron chi connectivity index (χ1n) is 12.9. The molecule has 7 rings (SSSR count). The molecule has 2 aromatic rings. The van der Waals surface area contributed by atoms with Crippen LogP contribution in [0.3, 0.4) is 0 Å². The number of aryl methyl sites for hydroxylation is 1. The van der Waals surface area contributed by atoms with Gasteiger partial charge < -0.3 is 20.9 Å². The number of rotatable bonds is 4. The summed E-state index contributed by atoms with van der Waals surface area (Å²) in [5, 5.41) is 9.70. The van der Waals surface area contributed by atoms with Crippen LogP contribution in [0.1, 0.15) is 42.7 Å². The molecule has 9 heteroatoms. The lowest BCUT2D eigenvalue weighted by molar-refractivity contribution is -0.135. The number of aromatic nitrogens is 2. The maximum absolute atomic E-state index is 13.8. The van der Waals surface area contributed by atoms with Gasteiger partial charge in [0.2, 0.25) is 17.8 Å². The quantitative estimate of drug-likeness (QED) is 0.584. The molecule has 4 fully saturated rings. The number of carbonyl (C=O) groups excluding carboxylic acids is 2. The van der Waals surface area contributed by atoms with Crippen LogP contribution in [-0.4, -0.2) is 60.5 Å². The zero-order valence-corrected chi connectivity index (χ0v) is 20.0. The molecule has 2 saturated heterocycles. The summed E-state index contributed by atoms with van der Waals surface area (Å²) in [5.41, 5.74) is 3.33. The summed E-state index contributed by atoms with van der Waals surface area (Å²) in [7, 11) is 0. The fourth-order valence-electron chi connectivity index (χ4n) is 6.93. The van der Waals surface area contributed by atoms with Gasteiger partial charge in [-0.15, -0.1) is 0 Å². The molecule has 0 bridgehead atoms. The van der Waals surface area contributed by atoms with Gasteiger partial charge in [-0.25, -0.2) is 4.98 Å². The van der Waals surface area contributed by atoms with Gasteiger partial charge in [0, 0.05) is 73.7 Å². The van der Waals surface area contributed by atoms with Crippen molar-refractivity contribution in [1.29, 1.82) is 0 Å². The Morgan fingerprint density at radius 1 is 1.14 bits per heavy atom. The molecule has 2 unspecified atom stereocenters. The van der Waals surface area contributed by atoms with Crippen LogP contribution in [0.5, 0.6) is 0 Å². The van der Waals surface area contributed by atoms with Gasteiger partial charge in [-0.05, 0) is 43.5 Å². The molecule has 35 heavy (non-hydrogen) atoms. The molecular weight excluding hydrogens is 442 g/mol. The van der Waals surface area contributed by atoms with Gasteiger partial charge in [-0.1, -0.05) is 12.8 Å². The molecule has 1 spiro atoms. The van der Waals surface area contributed by atoms with Crippen LogP contribution in [0.25, 0.3) is 0 Å².